The number of ether oxygens (including phenoxy) is 2. The van der Waals surface area contributed by atoms with Gasteiger partial charge in [-0.3, -0.25) is 4.79 Å². The number of rotatable bonds is 6. The molecule has 1 atom stereocenters. The van der Waals surface area contributed by atoms with Crippen LogP contribution in [0.15, 0.2) is 65.1 Å². The van der Waals surface area contributed by atoms with Crippen molar-refractivity contribution in [3.05, 3.63) is 82.3 Å². The summed E-state index contributed by atoms with van der Waals surface area (Å²) in [5, 5.41) is 13.3. The van der Waals surface area contributed by atoms with E-state index in [2.05, 4.69) is 21.4 Å². The Morgan fingerprint density at radius 2 is 2.06 bits per heavy atom. The third kappa shape index (κ3) is 4.35. The summed E-state index contributed by atoms with van der Waals surface area (Å²) in [5.74, 6) is 0.450. The van der Waals surface area contributed by atoms with Crippen LogP contribution in [-0.4, -0.2) is 28.8 Å². The number of aromatic nitrogens is 2. The smallest absolute Gasteiger partial charge is 0.224 e. The molecule has 3 aromatic rings. The van der Waals surface area contributed by atoms with Crippen molar-refractivity contribution in [2.24, 2.45) is 0 Å². The quantitative estimate of drug-likeness (QED) is 0.488. The van der Waals surface area contributed by atoms with Gasteiger partial charge >= 0.3 is 0 Å². The molecule has 34 heavy (non-hydrogen) atoms. The number of methoxy groups -OCH3 is 1. The molecular weight excluding hydrogens is 448 g/mol. The molecule has 1 unspecified atom stereocenters. The van der Waals surface area contributed by atoms with E-state index in [0.29, 0.717) is 34.4 Å². The summed E-state index contributed by atoms with van der Waals surface area (Å²) in [6, 6.07) is 12.9. The van der Waals surface area contributed by atoms with E-state index in [1.165, 1.54) is 0 Å². The largest absolute Gasteiger partial charge is 0.496 e. The van der Waals surface area contributed by atoms with Crippen LogP contribution in [0.25, 0.3) is 0 Å². The van der Waals surface area contributed by atoms with E-state index in [1.807, 2.05) is 39.0 Å². The number of nitrogens with one attached hydrogen (secondary N) is 1. The van der Waals surface area contributed by atoms with Crippen LogP contribution in [-0.2, 0) is 4.79 Å². The lowest BCUT2D eigenvalue weighted by Gasteiger charge is -2.32. The molecule has 1 aromatic carbocycles. The Bertz CT molecular complexity index is 1320. The first-order valence-corrected chi connectivity index (χ1v) is 11.6. The normalized spacial score (nSPS) is 14.6. The maximum atomic E-state index is 13.7. The number of nitriles is 1. The Kier molecular flexibility index (Phi) is 6.85. The average Bonchev–Trinajstić information content (AvgIpc) is 2.85. The maximum Gasteiger partial charge on any atom is 0.224 e. The van der Waals surface area contributed by atoms with Gasteiger partial charge in [-0.05, 0) is 62.4 Å². The van der Waals surface area contributed by atoms with Crippen LogP contribution in [0.5, 0.6) is 11.6 Å². The van der Waals surface area contributed by atoms with Crippen molar-refractivity contribution in [3.63, 3.8) is 0 Å². The summed E-state index contributed by atoms with van der Waals surface area (Å²) in [6.07, 6.45) is 3.42. The highest BCUT2D eigenvalue weighted by atomic mass is 32.2. The molecule has 0 spiro atoms. The lowest BCUT2D eigenvalue weighted by atomic mass is 9.80. The van der Waals surface area contributed by atoms with Crippen molar-refractivity contribution in [2.75, 3.05) is 19.0 Å². The predicted octanol–water partition coefficient (Wildman–Crippen LogP) is 5.21. The van der Waals surface area contributed by atoms with Crippen LogP contribution < -0.4 is 14.8 Å². The van der Waals surface area contributed by atoms with Crippen LogP contribution in [0.1, 0.15) is 42.0 Å². The number of nitrogens with zero attached hydrogens (tertiary/aromatic N) is 3. The minimum absolute atomic E-state index is 0.144. The zero-order chi connectivity index (χ0) is 24.2. The fourth-order valence-corrected chi connectivity index (χ4v) is 4.90. The number of hydrogen-bond acceptors (Lipinski definition) is 8. The van der Waals surface area contributed by atoms with Crippen LogP contribution in [0, 0.1) is 18.3 Å². The first kappa shape index (κ1) is 23.3. The summed E-state index contributed by atoms with van der Waals surface area (Å²) in [6.45, 7) is 6.17. The Labute approximate surface area is 202 Å². The highest BCUT2D eigenvalue weighted by Gasteiger charge is 2.38. The summed E-state index contributed by atoms with van der Waals surface area (Å²) >= 11 is 1.07. The zero-order valence-corrected chi connectivity index (χ0v) is 20.2. The molecule has 2 aromatic heterocycles. The Morgan fingerprint density at radius 3 is 2.74 bits per heavy atom. The van der Waals surface area contributed by atoms with Gasteiger partial charge in [-0.15, -0.1) is 0 Å². The van der Waals surface area contributed by atoms with E-state index < -0.39 is 5.92 Å². The van der Waals surface area contributed by atoms with Crippen molar-refractivity contribution in [2.45, 2.75) is 31.7 Å². The number of carbonyl (C=O) groups is 1. The third-order valence-electron chi connectivity index (χ3n) is 5.57. The fourth-order valence-electron chi connectivity index (χ4n) is 4.07. The van der Waals surface area contributed by atoms with Crippen LogP contribution in [0.3, 0.4) is 0 Å². The molecule has 0 aliphatic carbocycles. The standard InChI is InChI=1S/C26H24N4O3S/c1-5-33-25-23-22(18-10-9-17(13-27)12-19(18)32-4)21(16(3)30-24(23)15(2)14-29-25)26(31)34-20-8-6-7-11-28-20/h6-12,14,22,30H,5H2,1-4H3. The number of anilines is 1. The van der Waals surface area contributed by atoms with Crippen molar-refractivity contribution >= 4 is 22.6 Å². The number of allylic oxidation sites excluding steroid dienone is 1. The second-order valence-corrected chi connectivity index (χ2v) is 8.68. The van der Waals surface area contributed by atoms with Crippen LogP contribution in [0.2, 0.25) is 0 Å². The fraction of sp³-hybridized carbons (Fsp3) is 0.231. The van der Waals surface area contributed by atoms with Crippen molar-refractivity contribution in [1.29, 1.82) is 5.26 Å². The van der Waals surface area contributed by atoms with Gasteiger partial charge in [0.05, 0.1) is 42.5 Å². The number of thioether (sulfide) groups is 1. The summed E-state index contributed by atoms with van der Waals surface area (Å²) in [4.78, 5) is 22.6. The number of aryl methyl sites for hydroxylation is 1. The van der Waals surface area contributed by atoms with Crippen molar-refractivity contribution < 1.29 is 14.3 Å². The second kappa shape index (κ2) is 9.98. The second-order valence-electron chi connectivity index (χ2n) is 7.69. The molecule has 172 valence electrons. The Hall–Kier alpha value is -3.83. The molecule has 0 amide bonds. The van der Waals surface area contributed by atoms with Gasteiger partial charge in [-0.2, -0.15) is 5.26 Å². The van der Waals surface area contributed by atoms with Crippen LogP contribution in [0.4, 0.5) is 5.69 Å². The number of fused-ring (bicyclic) bond motifs is 1. The average molecular weight is 473 g/mol. The molecule has 4 rings (SSSR count). The van der Waals surface area contributed by atoms with E-state index in [4.69, 9.17) is 9.47 Å². The number of benzene rings is 1. The monoisotopic (exact) mass is 472 g/mol. The highest BCUT2D eigenvalue weighted by Crippen LogP contribution is 2.50. The predicted molar refractivity (Wildman–Crippen MR) is 131 cm³/mol. The van der Waals surface area contributed by atoms with E-state index >= 15 is 0 Å². The molecule has 0 fully saturated rings. The first-order valence-electron chi connectivity index (χ1n) is 10.8. The third-order valence-corrected chi connectivity index (χ3v) is 6.43. The van der Waals surface area contributed by atoms with Gasteiger partial charge in [-0.25, -0.2) is 9.97 Å². The molecule has 0 bridgehead atoms. The summed E-state index contributed by atoms with van der Waals surface area (Å²) < 4.78 is 11.6. The molecule has 3 heterocycles. The van der Waals surface area contributed by atoms with Gasteiger partial charge in [0.2, 0.25) is 11.0 Å². The van der Waals surface area contributed by atoms with E-state index in [1.54, 1.807) is 37.7 Å². The highest BCUT2D eigenvalue weighted by molar-refractivity contribution is 8.14. The van der Waals surface area contributed by atoms with Crippen molar-refractivity contribution in [3.8, 4) is 17.7 Å². The SMILES string of the molecule is CCOc1ncc(C)c2c1C(c1ccc(C#N)cc1OC)C(C(=O)Sc1ccccn1)=C(C)N2. The lowest BCUT2D eigenvalue weighted by Crippen LogP contribution is -2.24. The van der Waals surface area contributed by atoms with Gasteiger partial charge in [0.15, 0.2) is 0 Å². The minimum Gasteiger partial charge on any atom is -0.496 e. The maximum absolute atomic E-state index is 13.7. The summed E-state index contributed by atoms with van der Waals surface area (Å²) in [5.41, 5.74) is 5.06. The topological polar surface area (TPSA) is 97.1 Å². The van der Waals surface area contributed by atoms with Gasteiger partial charge in [0, 0.05) is 29.2 Å². The van der Waals surface area contributed by atoms with Gasteiger partial charge in [-0.1, -0.05) is 12.1 Å². The number of pyridine rings is 2. The number of carbonyl (C=O) groups excluding carboxylic acids is 1. The van der Waals surface area contributed by atoms with Gasteiger partial charge < -0.3 is 14.8 Å². The molecule has 0 radical (unpaired) electrons. The van der Waals surface area contributed by atoms with Crippen molar-refractivity contribution in [1.82, 2.24) is 9.97 Å². The molecule has 0 saturated carbocycles. The van der Waals surface area contributed by atoms with E-state index in [0.717, 1.165) is 39.8 Å². The number of hydrogen-bond donors (Lipinski definition) is 1. The Balaban J connectivity index is 1.95. The summed E-state index contributed by atoms with van der Waals surface area (Å²) in [7, 11) is 1.56. The van der Waals surface area contributed by atoms with Gasteiger partial charge in [0.1, 0.15) is 10.8 Å². The zero-order valence-electron chi connectivity index (χ0n) is 19.4. The minimum atomic E-state index is -0.517. The first-order chi connectivity index (χ1) is 16.5. The lowest BCUT2D eigenvalue weighted by molar-refractivity contribution is -0.108. The van der Waals surface area contributed by atoms with E-state index in [9.17, 15) is 10.1 Å². The molecule has 1 aliphatic heterocycles. The molecule has 8 heteroatoms. The van der Waals surface area contributed by atoms with Gasteiger partial charge in [0.25, 0.3) is 0 Å². The molecule has 7 nitrogen and oxygen atoms in total. The van der Waals surface area contributed by atoms with Crippen LogP contribution >= 0.6 is 11.8 Å². The van der Waals surface area contributed by atoms with E-state index in [-0.39, 0.29) is 5.12 Å². The molecule has 1 aliphatic rings. The molecule has 0 saturated heterocycles. The Morgan fingerprint density at radius 1 is 1.24 bits per heavy atom. The molecular formula is C26H24N4O3S. The molecule has 1 N–H and O–H groups in total.